The molecule has 0 fully saturated rings. The lowest BCUT2D eigenvalue weighted by molar-refractivity contribution is -0.148. The molecule has 1 amide bonds. The summed E-state index contributed by atoms with van der Waals surface area (Å²) in [6.07, 6.45) is 0. The van der Waals surface area contributed by atoms with Crippen LogP contribution in [-0.2, 0) is 14.3 Å². The second-order valence-corrected chi connectivity index (χ2v) is 3.67. The summed E-state index contributed by atoms with van der Waals surface area (Å²) >= 11 is 0. The van der Waals surface area contributed by atoms with Gasteiger partial charge in [-0.15, -0.1) is 0 Å². The number of ether oxygens (including phenoxy) is 1. The van der Waals surface area contributed by atoms with E-state index in [1.54, 1.807) is 11.9 Å². The highest BCUT2D eigenvalue weighted by molar-refractivity contribution is 5.73. The van der Waals surface area contributed by atoms with Gasteiger partial charge in [0.05, 0.1) is 5.54 Å². The first-order valence-corrected chi connectivity index (χ1v) is 4.15. The van der Waals surface area contributed by atoms with Crippen LogP contribution in [0.2, 0.25) is 0 Å². The highest BCUT2D eigenvalue weighted by Gasteiger charge is 2.26. The van der Waals surface area contributed by atoms with Gasteiger partial charge in [-0.3, -0.25) is 9.59 Å². The first kappa shape index (κ1) is 11.9. The molecule has 0 radical (unpaired) electrons. The monoisotopic (exact) mass is 187 g/mol. The second kappa shape index (κ2) is 4.25. The summed E-state index contributed by atoms with van der Waals surface area (Å²) < 4.78 is 4.85. The maximum atomic E-state index is 11.0. The number of carbonyl (C=O) groups is 2. The average molecular weight is 187 g/mol. The molecule has 0 rings (SSSR count). The molecule has 0 saturated carbocycles. The number of nitrogens with zero attached hydrogens (tertiary/aromatic N) is 1. The Kier molecular flexibility index (Phi) is 3.91. The molecule has 0 aromatic rings. The highest BCUT2D eigenvalue weighted by atomic mass is 16.5. The van der Waals surface area contributed by atoms with Gasteiger partial charge in [0.2, 0.25) is 5.91 Å². The van der Waals surface area contributed by atoms with Crippen LogP contribution in [0.15, 0.2) is 0 Å². The first-order valence-electron chi connectivity index (χ1n) is 4.15. The molecule has 0 heterocycles. The van der Waals surface area contributed by atoms with Crippen LogP contribution in [0.3, 0.4) is 0 Å². The van der Waals surface area contributed by atoms with Gasteiger partial charge in [-0.05, 0) is 13.8 Å². The SMILES string of the molecule is CC(=O)OCC(C)(C)N(C)C(C)=O. The van der Waals surface area contributed by atoms with Crippen molar-refractivity contribution >= 4 is 11.9 Å². The van der Waals surface area contributed by atoms with Gasteiger partial charge in [0.1, 0.15) is 6.61 Å². The lowest BCUT2D eigenvalue weighted by Crippen LogP contribution is -2.47. The van der Waals surface area contributed by atoms with Crippen LogP contribution >= 0.6 is 0 Å². The van der Waals surface area contributed by atoms with Gasteiger partial charge in [-0.2, -0.15) is 0 Å². The van der Waals surface area contributed by atoms with Crippen LogP contribution in [0.5, 0.6) is 0 Å². The Morgan fingerprint density at radius 2 is 1.77 bits per heavy atom. The van der Waals surface area contributed by atoms with E-state index in [9.17, 15) is 9.59 Å². The maximum Gasteiger partial charge on any atom is 0.302 e. The van der Waals surface area contributed by atoms with E-state index in [0.29, 0.717) is 0 Å². The van der Waals surface area contributed by atoms with Crippen molar-refractivity contribution in [1.82, 2.24) is 4.90 Å². The molecule has 4 nitrogen and oxygen atoms in total. The Balaban J connectivity index is 4.21. The van der Waals surface area contributed by atoms with Crippen molar-refractivity contribution in [3.63, 3.8) is 0 Å². The van der Waals surface area contributed by atoms with Gasteiger partial charge in [0, 0.05) is 20.9 Å². The van der Waals surface area contributed by atoms with E-state index < -0.39 is 5.54 Å². The van der Waals surface area contributed by atoms with Crippen LogP contribution in [0.1, 0.15) is 27.7 Å². The highest BCUT2D eigenvalue weighted by Crippen LogP contribution is 2.12. The number of hydrogen-bond donors (Lipinski definition) is 0. The third-order valence-electron chi connectivity index (χ3n) is 2.01. The molecule has 0 bridgehead atoms. The van der Waals surface area contributed by atoms with Crippen LogP contribution in [0.25, 0.3) is 0 Å². The molecule has 0 aromatic carbocycles. The summed E-state index contributed by atoms with van der Waals surface area (Å²) in [5.74, 6) is -0.373. The molecular formula is C9H17NO3. The van der Waals surface area contributed by atoms with E-state index in [1.807, 2.05) is 13.8 Å². The van der Waals surface area contributed by atoms with Crippen molar-refractivity contribution in [3.05, 3.63) is 0 Å². The zero-order valence-electron chi connectivity index (χ0n) is 8.88. The van der Waals surface area contributed by atoms with E-state index in [-0.39, 0.29) is 18.5 Å². The van der Waals surface area contributed by atoms with Gasteiger partial charge in [-0.25, -0.2) is 0 Å². The van der Waals surface area contributed by atoms with Crippen molar-refractivity contribution in [2.75, 3.05) is 13.7 Å². The molecule has 0 aliphatic carbocycles. The second-order valence-electron chi connectivity index (χ2n) is 3.67. The quantitative estimate of drug-likeness (QED) is 0.614. The van der Waals surface area contributed by atoms with Crippen LogP contribution in [0, 0.1) is 0 Å². The Morgan fingerprint density at radius 1 is 1.31 bits per heavy atom. The Labute approximate surface area is 78.9 Å². The van der Waals surface area contributed by atoms with Crippen molar-refractivity contribution in [3.8, 4) is 0 Å². The van der Waals surface area contributed by atoms with Gasteiger partial charge >= 0.3 is 5.97 Å². The summed E-state index contributed by atoms with van der Waals surface area (Å²) in [6.45, 7) is 6.74. The standard InChI is InChI=1S/C9H17NO3/c1-7(11)10(5)9(3,4)6-13-8(2)12/h6H2,1-5H3. The molecule has 0 aliphatic rings. The van der Waals surface area contributed by atoms with E-state index in [1.165, 1.54) is 13.8 Å². The minimum atomic E-state index is -0.447. The minimum Gasteiger partial charge on any atom is -0.463 e. The Hall–Kier alpha value is -1.06. The van der Waals surface area contributed by atoms with Crippen molar-refractivity contribution in [2.45, 2.75) is 33.2 Å². The summed E-state index contributed by atoms with van der Waals surface area (Å²) in [7, 11) is 1.69. The fourth-order valence-electron chi connectivity index (χ4n) is 0.801. The Bertz CT molecular complexity index is 211. The number of esters is 1. The molecular weight excluding hydrogens is 170 g/mol. The fourth-order valence-corrected chi connectivity index (χ4v) is 0.801. The van der Waals surface area contributed by atoms with Gasteiger partial charge in [0.25, 0.3) is 0 Å². The van der Waals surface area contributed by atoms with Crippen LogP contribution in [-0.4, -0.2) is 36.0 Å². The molecule has 0 saturated heterocycles. The lowest BCUT2D eigenvalue weighted by atomic mass is 10.1. The van der Waals surface area contributed by atoms with Crippen molar-refractivity contribution < 1.29 is 14.3 Å². The van der Waals surface area contributed by atoms with E-state index >= 15 is 0 Å². The largest absolute Gasteiger partial charge is 0.463 e. The molecule has 76 valence electrons. The predicted octanol–water partition coefficient (Wildman–Crippen LogP) is 0.806. The third-order valence-corrected chi connectivity index (χ3v) is 2.01. The number of likely N-dealkylation sites (N-methyl/N-ethyl adjacent to an activating group) is 1. The zero-order valence-corrected chi connectivity index (χ0v) is 8.88. The molecule has 0 unspecified atom stereocenters. The molecule has 0 N–H and O–H groups in total. The minimum absolute atomic E-state index is 0.0443. The van der Waals surface area contributed by atoms with Gasteiger partial charge in [-0.1, -0.05) is 0 Å². The maximum absolute atomic E-state index is 11.0. The number of carbonyl (C=O) groups excluding carboxylic acids is 2. The van der Waals surface area contributed by atoms with E-state index in [2.05, 4.69) is 0 Å². The molecule has 0 aliphatic heterocycles. The summed E-state index contributed by atoms with van der Waals surface area (Å²) in [4.78, 5) is 23.1. The topological polar surface area (TPSA) is 46.6 Å². The third kappa shape index (κ3) is 3.92. The predicted molar refractivity (Wildman–Crippen MR) is 49.2 cm³/mol. The fraction of sp³-hybridized carbons (Fsp3) is 0.778. The Morgan fingerprint density at radius 3 is 2.08 bits per heavy atom. The lowest BCUT2D eigenvalue weighted by Gasteiger charge is -2.34. The summed E-state index contributed by atoms with van der Waals surface area (Å²) in [5.41, 5.74) is -0.447. The first-order chi connectivity index (χ1) is 5.77. The van der Waals surface area contributed by atoms with E-state index in [0.717, 1.165) is 0 Å². The number of rotatable bonds is 3. The van der Waals surface area contributed by atoms with Crippen LogP contribution in [0.4, 0.5) is 0 Å². The molecule has 0 atom stereocenters. The van der Waals surface area contributed by atoms with Gasteiger partial charge < -0.3 is 9.64 Å². The van der Waals surface area contributed by atoms with E-state index in [4.69, 9.17) is 4.74 Å². The normalized spacial score (nSPS) is 10.8. The summed E-state index contributed by atoms with van der Waals surface area (Å²) in [6, 6.07) is 0. The zero-order chi connectivity index (χ0) is 10.6. The van der Waals surface area contributed by atoms with Crippen molar-refractivity contribution in [2.24, 2.45) is 0 Å². The molecule has 0 spiro atoms. The van der Waals surface area contributed by atoms with Crippen molar-refractivity contribution in [1.29, 1.82) is 0 Å². The van der Waals surface area contributed by atoms with Crippen LogP contribution < -0.4 is 0 Å². The number of hydrogen-bond acceptors (Lipinski definition) is 3. The smallest absolute Gasteiger partial charge is 0.302 e. The summed E-state index contributed by atoms with van der Waals surface area (Å²) in [5, 5.41) is 0. The molecule has 0 aromatic heterocycles. The molecule has 4 heteroatoms. The van der Waals surface area contributed by atoms with Gasteiger partial charge in [0.15, 0.2) is 0 Å². The average Bonchev–Trinajstić information content (AvgIpc) is 1.99. The molecule has 13 heavy (non-hydrogen) atoms. The number of amides is 1.